The number of aromatic nitrogens is 4. The molecule has 1 saturated heterocycles. The number of hydrogen-bond acceptors (Lipinski definition) is 5. The molecule has 6 heteroatoms. The summed E-state index contributed by atoms with van der Waals surface area (Å²) in [5.41, 5.74) is 3.93. The Labute approximate surface area is 153 Å². The average Bonchev–Trinajstić information content (AvgIpc) is 3.06. The highest BCUT2D eigenvalue weighted by Crippen LogP contribution is 2.31. The van der Waals surface area contributed by atoms with Gasteiger partial charge in [0.1, 0.15) is 11.6 Å². The molecule has 1 aromatic carbocycles. The van der Waals surface area contributed by atoms with E-state index in [4.69, 9.17) is 4.98 Å². The van der Waals surface area contributed by atoms with Crippen molar-refractivity contribution in [3.63, 3.8) is 0 Å². The zero-order valence-corrected chi connectivity index (χ0v) is 15.2. The van der Waals surface area contributed by atoms with E-state index >= 15 is 0 Å². The van der Waals surface area contributed by atoms with Crippen LogP contribution in [-0.2, 0) is 12.8 Å². The second-order valence-corrected chi connectivity index (χ2v) is 7.25. The van der Waals surface area contributed by atoms with Crippen LogP contribution in [0.2, 0.25) is 0 Å². The molecule has 3 aromatic rings. The van der Waals surface area contributed by atoms with E-state index in [2.05, 4.69) is 50.2 Å². The molecule has 0 amide bonds. The Morgan fingerprint density at radius 2 is 1.58 bits per heavy atom. The molecule has 0 N–H and O–H groups in total. The number of benzene rings is 1. The minimum atomic E-state index is 0.753. The zero-order chi connectivity index (χ0) is 17.5. The molecule has 0 unspecified atom stereocenters. The van der Waals surface area contributed by atoms with Gasteiger partial charge >= 0.3 is 0 Å². The van der Waals surface area contributed by atoms with E-state index in [9.17, 15) is 0 Å². The van der Waals surface area contributed by atoms with Crippen molar-refractivity contribution in [3.05, 3.63) is 47.4 Å². The monoisotopic (exact) mass is 348 g/mol. The molecule has 1 fully saturated rings. The summed E-state index contributed by atoms with van der Waals surface area (Å²) in [5.74, 6) is 2.78. The second kappa shape index (κ2) is 6.27. The molecular formula is C20H24N6. The van der Waals surface area contributed by atoms with Crippen LogP contribution in [-0.4, -0.2) is 45.8 Å². The van der Waals surface area contributed by atoms with Crippen LogP contribution in [0.5, 0.6) is 0 Å². The van der Waals surface area contributed by atoms with Gasteiger partial charge in [-0.05, 0) is 44.7 Å². The van der Waals surface area contributed by atoms with Crippen molar-refractivity contribution >= 4 is 17.3 Å². The standard InChI is InChI=1S/C20H24N6/c1-15-21-20-22-18-10-6-5-9-17(18)19(26(20)23-15)25-13-11-24(12-14-25)16-7-3-2-4-8-16/h2-4,7-8H,5-6,9-14H2,1H3. The quantitative estimate of drug-likeness (QED) is 0.713. The summed E-state index contributed by atoms with van der Waals surface area (Å²) in [7, 11) is 0. The van der Waals surface area contributed by atoms with Gasteiger partial charge in [-0.3, -0.25) is 0 Å². The summed E-state index contributed by atoms with van der Waals surface area (Å²) in [6, 6.07) is 10.7. The highest BCUT2D eigenvalue weighted by molar-refractivity contribution is 5.57. The lowest BCUT2D eigenvalue weighted by Gasteiger charge is -2.38. The van der Waals surface area contributed by atoms with Gasteiger partial charge in [0.15, 0.2) is 0 Å². The Bertz CT molecular complexity index is 924. The summed E-state index contributed by atoms with van der Waals surface area (Å²) in [6.45, 7) is 6.00. The molecule has 134 valence electrons. The van der Waals surface area contributed by atoms with Crippen molar-refractivity contribution in [2.45, 2.75) is 32.6 Å². The smallest absolute Gasteiger partial charge is 0.254 e. The first-order chi connectivity index (χ1) is 12.8. The Balaban J connectivity index is 1.49. The van der Waals surface area contributed by atoms with Gasteiger partial charge in [-0.1, -0.05) is 18.2 Å². The van der Waals surface area contributed by atoms with Crippen molar-refractivity contribution in [2.75, 3.05) is 36.0 Å². The molecule has 0 atom stereocenters. The van der Waals surface area contributed by atoms with Crippen molar-refractivity contribution in [3.8, 4) is 0 Å². The zero-order valence-electron chi connectivity index (χ0n) is 15.2. The number of para-hydroxylation sites is 1. The van der Waals surface area contributed by atoms with E-state index in [1.54, 1.807) is 0 Å². The summed E-state index contributed by atoms with van der Waals surface area (Å²) in [5, 5.41) is 4.66. The second-order valence-electron chi connectivity index (χ2n) is 7.25. The summed E-state index contributed by atoms with van der Waals surface area (Å²) < 4.78 is 1.98. The van der Waals surface area contributed by atoms with Crippen molar-refractivity contribution in [1.82, 2.24) is 19.6 Å². The summed E-state index contributed by atoms with van der Waals surface area (Å²) in [6.07, 6.45) is 4.63. The first kappa shape index (κ1) is 15.6. The number of aryl methyl sites for hydroxylation is 2. The fraction of sp³-hybridized carbons (Fsp3) is 0.450. The maximum atomic E-state index is 4.81. The van der Waals surface area contributed by atoms with Crippen LogP contribution in [0.1, 0.15) is 29.9 Å². The minimum absolute atomic E-state index is 0.753. The van der Waals surface area contributed by atoms with Crippen LogP contribution in [0.15, 0.2) is 30.3 Å². The fourth-order valence-electron chi connectivity index (χ4n) is 4.26. The van der Waals surface area contributed by atoms with E-state index < -0.39 is 0 Å². The van der Waals surface area contributed by atoms with Crippen molar-refractivity contribution < 1.29 is 0 Å². The van der Waals surface area contributed by atoms with Gasteiger partial charge in [0.25, 0.3) is 5.78 Å². The minimum Gasteiger partial charge on any atom is -0.368 e. The van der Waals surface area contributed by atoms with E-state index in [0.29, 0.717) is 0 Å². The SMILES string of the molecule is Cc1nc2nc3c(c(N4CCN(c5ccccc5)CC4)n2n1)CCCC3. The number of hydrogen-bond donors (Lipinski definition) is 0. The van der Waals surface area contributed by atoms with E-state index in [1.807, 2.05) is 11.4 Å². The number of fused-ring (bicyclic) bond motifs is 2. The molecule has 26 heavy (non-hydrogen) atoms. The van der Waals surface area contributed by atoms with E-state index in [0.717, 1.165) is 50.6 Å². The lowest BCUT2D eigenvalue weighted by molar-refractivity contribution is 0.614. The lowest BCUT2D eigenvalue weighted by Crippen LogP contribution is -2.47. The van der Waals surface area contributed by atoms with Gasteiger partial charge < -0.3 is 9.80 Å². The number of anilines is 2. The largest absolute Gasteiger partial charge is 0.368 e. The topological polar surface area (TPSA) is 49.6 Å². The summed E-state index contributed by atoms with van der Waals surface area (Å²) >= 11 is 0. The molecule has 3 heterocycles. The van der Waals surface area contributed by atoms with Gasteiger partial charge in [0.2, 0.25) is 0 Å². The van der Waals surface area contributed by atoms with Crippen LogP contribution in [0, 0.1) is 6.92 Å². The van der Waals surface area contributed by atoms with E-state index in [1.165, 1.54) is 35.6 Å². The predicted molar refractivity (Wildman–Crippen MR) is 103 cm³/mol. The third-order valence-corrected chi connectivity index (χ3v) is 5.54. The average molecular weight is 348 g/mol. The Morgan fingerprint density at radius 3 is 2.38 bits per heavy atom. The Kier molecular flexibility index (Phi) is 3.76. The maximum Gasteiger partial charge on any atom is 0.254 e. The van der Waals surface area contributed by atoms with Gasteiger partial charge in [0, 0.05) is 37.4 Å². The van der Waals surface area contributed by atoms with Crippen LogP contribution < -0.4 is 9.80 Å². The third-order valence-electron chi connectivity index (χ3n) is 5.54. The first-order valence-electron chi connectivity index (χ1n) is 9.60. The van der Waals surface area contributed by atoms with Crippen molar-refractivity contribution in [1.29, 1.82) is 0 Å². The fourth-order valence-corrected chi connectivity index (χ4v) is 4.26. The predicted octanol–water partition coefficient (Wildman–Crippen LogP) is 2.64. The molecule has 5 rings (SSSR count). The molecular weight excluding hydrogens is 324 g/mol. The van der Waals surface area contributed by atoms with Gasteiger partial charge in [0.05, 0.1) is 5.69 Å². The van der Waals surface area contributed by atoms with Crippen LogP contribution >= 0.6 is 0 Å². The molecule has 0 radical (unpaired) electrons. The molecule has 0 saturated carbocycles. The first-order valence-corrected chi connectivity index (χ1v) is 9.60. The molecule has 0 bridgehead atoms. The Morgan fingerprint density at radius 1 is 0.846 bits per heavy atom. The lowest BCUT2D eigenvalue weighted by atomic mass is 9.96. The molecule has 1 aliphatic carbocycles. The molecule has 0 spiro atoms. The van der Waals surface area contributed by atoms with Crippen LogP contribution in [0.3, 0.4) is 0 Å². The normalized spacial score (nSPS) is 17.6. The molecule has 1 aliphatic heterocycles. The number of piperazine rings is 1. The van der Waals surface area contributed by atoms with Gasteiger partial charge in [-0.15, -0.1) is 5.10 Å². The molecule has 2 aliphatic rings. The molecule has 2 aromatic heterocycles. The number of nitrogens with zero attached hydrogens (tertiary/aromatic N) is 6. The van der Waals surface area contributed by atoms with Gasteiger partial charge in [-0.25, -0.2) is 4.98 Å². The highest BCUT2D eigenvalue weighted by Gasteiger charge is 2.26. The maximum absolute atomic E-state index is 4.81. The van der Waals surface area contributed by atoms with Crippen molar-refractivity contribution in [2.24, 2.45) is 0 Å². The van der Waals surface area contributed by atoms with Gasteiger partial charge in [-0.2, -0.15) is 9.50 Å². The Hall–Kier alpha value is -2.63. The molecule has 6 nitrogen and oxygen atoms in total. The van der Waals surface area contributed by atoms with Crippen LogP contribution in [0.25, 0.3) is 5.78 Å². The number of rotatable bonds is 2. The van der Waals surface area contributed by atoms with E-state index in [-0.39, 0.29) is 0 Å². The highest BCUT2D eigenvalue weighted by atomic mass is 15.4. The summed E-state index contributed by atoms with van der Waals surface area (Å²) in [4.78, 5) is 14.3. The third kappa shape index (κ3) is 2.60. The van der Waals surface area contributed by atoms with Crippen LogP contribution in [0.4, 0.5) is 11.5 Å².